The van der Waals surface area contributed by atoms with Gasteiger partial charge in [-0.05, 0) is 5.92 Å². The van der Waals surface area contributed by atoms with Crippen LogP contribution in [0.1, 0.15) is 13.3 Å². The summed E-state index contributed by atoms with van der Waals surface area (Å²) in [7, 11) is 0. The highest BCUT2D eigenvalue weighted by Gasteiger charge is 2.21. The summed E-state index contributed by atoms with van der Waals surface area (Å²) in [5.74, 6) is 0.687. The molecule has 0 aromatic carbocycles. The first kappa shape index (κ1) is 12.0. The van der Waals surface area contributed by atoms with Crippen molar-refractivity contribution in [2.24, 2.45) is 5.92 Å². The Hall–Kier alpha value is -0.110. The number of rotatable bonds is 4. The van der Waals surface area contributed by atoms with Gasteiger partial charge >= 0.3 is 0 Å². The van der Waals surface area contributed by atoms with Crippen LogP contribution in [0.15, 0.2) is 0 Å². The number of morpholine rings is 1. The second-order valence-electron chi connectivity index (χ2n) is 3.68. The normalized spacial score (nSPS) is 25.6. The number of alkyl halides is 1. The molecule has 3 nitrogen and oxygen atoms in total. The van der Waals surface area contributed by atoms with E-state index in [-0.39, 0.29) is 6.10 Å². The summed E-state index contributed by atoms with van der Waals surface area (Å²) < 4.78 is 5.29. The Bertz CT molecular complexity index is 201. The van der Waals surface area contributed by atoms with Gasteiger partial charge in [-0.25, -0.2) is 0 Å². The van der Waals surface area contributed by atoms with E-state index in [1.54, 1.807) is 0 Å². The lowest BCUT2D eigenvalue weighted by atomic mass is 10.1. The predicted octanol–water partition coefficient (Wildman–Crippen LogP) is 1.63. The van der Waals surface area contributed by atoms with Crippen molar-refractivity contribution >= 4 is 15.9 Å². The number of nitriles is 1. The molecule has 0 bridgehead atoms. The summed E-state index contributed by atoms with van der Waals surface area (Å²) in [4.78, 5) is 2.33. The molecule has 0 aliphatic carbocycles. The van der Waals surface area contributed by atoms with Crippen LogP contribution in [0.2, 0.25) is 0 Å². The molecule has 0 aromatic heterocycles. The first-order valence-electron chi connectivity index (χ1n) is 5.09. The predicted molar refractivity (Wildman–Crippen MR) is 59.4 cm³/mol. The quantitative estimate of drug-likeness (QED) is 0.722. The molecule has 0 N–H and O–H groups in total. The van der Waals surface area contributed by atoms with E-state index >= 15 is 0 Å². The zero-order chi connectivity index (χ0) is 10.4. The van der Waals surface area contributed by atoms with Gasteiger partial charge in [-0.15, -0.1) is 0 Å². The van der Waals surface area contributed by atoms with Crippen molar-refractivity contribution in [3.63, 3.8) is 0 Å². The minimum atomic E-state index is -0.225. The lowest BCUT2D eigenvalue weighted by Crippen LogP contribution is -2.44. The van der Waals surface area contributed by atoms with Crippen LogP contribution in [-0.4, -0.2) is 42.6 Å². The van der Waals surface area contributed by atoms with Crippen molar-refractivity contribution < 1.29 is 4.74 Å². The molecule has 14 heavy (non-hydrogen) atoms. The maximum Gasteiger partial charge on any atom is 0.156 e. The van der Waals surface area contributed by atoms with E-state index in [0.29, 0.717) is 12.5 Å². The van der Waals surface area contributed by atoms with Gasteiger partial charge in [-0.2, -0.15) is 5.26 Å². The zero-order valence-corrected chi connectivity index (χ0v) is 10.2. The molecule has 1 aliphatic heterocycles. The molecule has 2 unspecified atom stereocenters. The van der Waals surface area contributed by atoms with Crippen LogP contribution in [0.5, 0.6) is 0 Å². The van der Waals surface area contributed by atoms with Crippen LogP contribution < -0.4 is 0 Å². The molecular formula is C10H17BrN2O. The number of ether oxygens (including phenoxy) is 1. The molecule has 1 aliphatic rings. The van der Waals surface area contributed by atoms with Crippen LogP contribution >= 0.6 is 15.9 Å². The third-order valence-corrected chi connectivity index (χ3v) is 3.52. The first-order valence-corrected chi connectivity index (χ1v) is 6.21. The van der Waals surface area contributed by atoms with E-state index < -0.39 is 0 Å². The van der Waals surface area contributed by atoms with Gasteiger partial charge in [0.15, 0.2) is 6.10 Å². The fourth-order valence-corrected chi connectivity index (χ4v) is 2.26. The Balaban J connectivity index is 2.33. The number of hydrogen-bond acceptors (Lipinski definition) is 3. The van der Waals surface area contributed by atoms with Crippen LogP contribution in [0.25, 0.3) is 0 Å². The SMILES string of the molecule is CCC(CBr)CN1CCOC(C#N)C1. The Labute approximate surface area is 94.2 Å². The summed E-state index contributed by atoms with van der Waals surface area (Å²) in [5.41, 5.74) is 0. The minimum absolute atomic E-state index is 0.225. The van der Waals surface area contributed by atoms with E-state index in [2.05, 4.69) is 33.8 Å². The van der Waals surface area contributed by atoms with E-state index in [0.717, 1.165) is 25.0 Å². The van der Waals surface area contributed by atoms with Crippen LogP contribution in [0, 0.1) is 17.2 Å². The van der Waals surface area contributed by atoms with Gasteiger partial charge in [0.2, 0.25) is 0 Å². The molecular weight excluding hydrogens is 244 g/mol. The molecule has 0 saturated carbocycles. The first-order chi connectivity index (χ1) is 6.80. The average Bonchev–Trinajstić information content (AvgIpc) is 2.26. The molecule has 1 rings (SSSR count). The lowest BCUT2D eigenvalue weighted by molar-refractivity contribution is -0.00404. The van der Waals surface area contributed by atoms with Crippen LogP contribution in [-0.2, 0) is 4.74 Å². The third kappa shape index (κ3) is 3.56. The summed E-state index contributed by atoms with van der Waals surface area (Å²) in [6, 6.07) is 2.17. The van der Waals surface area contributed by atoms with Gasteiger partial charge < -0.3 is 4.74 Å². The van der Waals surface area contributed by atoms with Gasteiger partial charge in [-0.3, -0.25) is 4.90 Å². The van der Waals surface area contributed by atoms with Crippen LogP contribution in [0.4, 0.5) is 0 Å². The maximum absolute atomic E-state index is 8.75. The minimum Gasteiger partial charge on any atom is -0.361 e. The van der Waals surface area contributed by atoms with Gasteiger partial charge in [-0.1, -0.05) is 29.3 Å². The van der Waals surface area contributed by atoms with Gasteiger partial charge in [0.1, 0.15) is 0 Å². The molecule has 0 spiro atoms. The summed E-state index contributed by atoms with van der Waals surface area (Å²) in [5, 5.41) is 9.79. The van der Waals surface area contributed by atoms with Crippen molar-refractivity contribution in [1.29, 1.82) is 5.26 Å². The van der Waals surface area contributed by atoms with Crippen molar-refractivity contribution in [3.8, 4) is 6.07 Å². The molecule has 2 atom stereocenters. The standard InChI is InChI=1S/C10H17BrN2O/c1-2-9(5-11)7-13-3-4-14-10(6-12)8-13/h9-10H,2-5,7-8H2,1H3. The second kappa shape index (κ2) is 6.39. The number of nitrogens with zero attached hydrogens (tertiary/aromatic N) is 2. The van der Waals surface area contributed by atoms with Crippen LogP contribution in [0.3, 0.4) is 0 Å². The monoisotopic (exact) mass is 260 g/mol. The van der Waals surface area contributed by atoms with E-state index in [9.17, 15) is 0 Å². The summed E-state index contributed by atoms with van der Waals surface area (Å²) in [6.45, 7) is 5.69. The number of hydrogen-bond donors (Lipinski definition) is 0. The highest BCUT2D eigenvalue weighted by atomic mass is 79.9. The second-order valence-corrected chi connectivity index (χ2v) is 4.32. The molecule has 80 valence electrons. The van der Waals surface area contributed by atoms with E-state index in [4.69, 9.17) is 10.00 Å². The van der Waals surface area contributed by atoms with E-state index in [1.807, 2.05) is 0 Å². The lowest BCUT2D eigenvalue weighted by Gasteiger charge is -2.31. The van der Waals surface area contributed by atoms with Gasteiger partial charge in [0.25, 0.3) is 0 Å². The molecule has 0 radical (unpaired) electrons. The van der Waals surface area contributed by atoms with Gasteiger partial charge in [0, 0.05) is 25.0 Å². The molecule has 0 amide bonds. The summed E-state index contributed by atoms with van der Waals surface area (Å²) in [6.07, 6.45) is 0.955. The fraction of sp³-hybridized carbons (Fsp3) is 0.900. The highest BCUT2D eigenvalue weighted by Crippen LogP contribution is 2.12. The number of halogens is 1. The van der Waals surface area contributed by atoms with Crippen molar-refractivity contribution in [3.05, 3.63) is 0 Å². The molecule has 1 heterocycles. The van der Waals surface area contributed by atoms with Crippen molar-refractivity contribution in [2.45, 2.75) is 19.4 Å². The largest absolute Gasteiger partial charge is 0.361 e. The topological polar surface area (TPSA) is 36.3 Å². The Kier molecular flexibility index (Phi) is 5.46. The highest BCUT2D eigenvalue weighted by molar-refractivity contribution is 9.09. The average molecular weight is 261 g/mol. The smallest absolute Gasteiger partial charge is 0.156 e. The van der Waals surface area contributed by atoms with Crippen molar-refractivity contribution in [1.82, 2.24) is 4.90 Å². The summed E-state index contributed by atoms with van der Waals surface area (Å²) >= 11 is 3.51. The Morgan fingerprint density at radius 2 is 2.50 bits per heavy atom. The zero-order valence-electron chi connectivity index (χ0n) is 8.58. The van der Waals surface area contributed by atoms with E-state index in [1.165, 1.54) is 6.42 Å². The Morgan fingerprint density at radius 1 is 1.71 bits per heavy atom. The van der Waals surface area contributed by atoms with Gasteiger partial charge in [0.05, 0.1) is 12.7 Å². The third-order valence-electron chi connectivity index (χ3n) is 2.61. The molecule has 4 heteroatoms. The van der Waals surface area contributed by atoms with Crippen molar-refractivity contribution in [2.75, 3.05) is 31.6 Å². The fourth-order valence-electron chi connectivity index (χ4n) is 1.60. The molecule has 0 aromatic rings. The Morgan fingerprint density at radius 3 is 3.07 bits per heavy atom. The molecule has 1 fully saturated rings. The maximum atomic E-state index is 8.75. The molecule has 1 saturated heterocycles.